The molecule has 4 nitrogen and oxygen atoms in total. The Kier molecular flexibility index (Phi) is 4.41. The lowest BCUT2D eigenvalue weighted by Gasteiger charge is -2.04. The number of ketones is 1. The second-order valence-corrected chi connectivity index (χ2v) is 4.80. The molecule has 0 aromatic carbocycles. The van der Waals surface area contributed by atoms with Crippen molar-refractivity contribution in [3.8, 4) is 5.88 Å². The van der Waals surface area contributed by atoms with Crippen molar-refractivity contribution in [1.29, 1.82) is 0 Å². The molecule has 0 bridgehead atoms. The maximum atomic E-state index is 12.0. The first kappa shape index (κ1) is 12.7. The van der Waals surface area contributed by atoms with Gasteiger partial charge in [0.2, 0.25) is 5.88 Å². The summed E-state index contributed by atoms with van der Waals surface area (Å²) in [6.45, 7) is 0. The second-order valence-electron chi connectivity index (χ2n) is 3.77. The van der Waals surface area contributed by atoms with Crippen molar-refractivity contribution < 1.29 is 9.53 Å². The number of nitrogens with zero attached hydrogens (tertiary/aromatic N) is 2. The molecule has 0 radical (unpaired) electrons. The number of aryl methyl sites for hydroxylation is 1. The lowest BCUT2D eigenvalue weighted by Crippen LogP contribution is -2.06. The van der Waals surface area contributed by atoms with E-state index in [9.17, 15) is 4.79 Å². The van der Waals surface area contributed by atoms with Crippen molar-refractivity contribution in [3.05, 3.63) is 40.5 Å². The molecule has 2 aromatic rings. The van der Waals surface area contributed by atoms with Crippen LogP contribution in [0.1, 0.15) is 28.2 Å². The molecule has 0 saturated carbocycles. The van der Waals surface area contributed by atoms with E-state index in [4.69, 9.17) is 4.74 Å². The number of methoxy groups -OCH3 is 1. The minimum absolute atomic E-state index is 0.0171. The van der Waals surface area contributed by atoms with E-state index in [-0.39, 0.29) is 5.78 Å². The van der Waals surface area contributed by atoms with Crippen molar-refractivity contribution in [3.63, 3.8) is 0 Å². The van der Waals surface area contributed by atoms with E-state index in [1.165, 1.54) is 24.4 Å². The third kappa shape index (κ3) is 3.13. The number of aromatic nitrogens is 2. The van der Waals surface area contributed by atoms with Crippen molar-refractivity contribution in [2.45, 2.75) is 19.3 Å². The average Bonchev–Trinajstić information content (AvgIpc) is 2.91. The highest BCUT2D eigenvalue weighted by Gasteiger charge is 2.14. The van der Waals surface area contributed by atoms with Gasteiger partial charge in [-0.3, -0.25) is 4.79 Å². The minimum Gasteiger partial charge on any atom is -0.479 e. The van der Waals surface area contributed by atoms with Crippen LogP contribution in [0.15, 0.2) is 29.9 Å². The Morgan fingerprint density at radius 2 is 2.22 bits per heavy atom. The lowest BCUT2D eigenvalue weighted by atomic mass is 10.1. The van der Waals surface area contributed by atoms with E-state index in [2.05, 4.69) is 16.0 Å². The van der Waals surface area contributed by atoms with Gasteiger partial charge in [0, 0.05) is 23.7 Å². The van der Waals surface area contributed by atoms with Crippen LogP contribution in [-0.2, 0) is 6.42 Å². The molecule has 0 fully saturated rings. The molecule has 0 aliphatic carbocycles. The highest BCUT2D eigenvalue weighted by molar-refractivity contribution is 7.09. The van der Waals surface area contributed by atoms with Crippen molar-refractivity contribution in [2.75, 3.05) is 7.11 Å². The predicted octanol–water partition coefficient (Wildman–Crippen LogP) is 2.75. The van der Waals surface area contributed by atoms with Crippen molar-refractivity contribution >= 4 is 17.1 Å². The Morgan fingerprint density at radius 1 is 1.39 bits per heavy atom. The number of hydrogen-bond donors (Lipinski definition) is 0. The smallest absolute Gasteiger partial charge is 0.243 e. The topological polar surface area (TPSA) is 52.1 Å². The van der Waals surface area contributed by atoms with Gasteiger partial charge in [-0.2, -0.15) is 0 Å². The summed E-state index contributed by atoms with van der Waals surface area (Å²) in [6.07, 6.45) is 5.23. The lowest BCUT2D eigenvalue weighted by molar-refractivity contribution is 0.0971. The van der Waals surface area contributed by atoms with Gasteiger partial charge in [0.25, 0.3) is 0 Å². The molecule has 0 aliphatic heterocycles. The van der Waals surface area contributed by atoms with Gasteiger partial charge in [-0.15, -0.1) is 11.3 Å². The number of rotatable bonds is 6. The number of thiophene rings is 1. The van der Waals surface area contributed by atoms with Crippen LogP contribution in [0.5, 0.6) is 5.88 Å². The van der Waals surface area contributed by atoms with Crippen LogP contribution in [0.25, 0.3) is 0 Å². The van der Waals surface area contributed by atoms with E-state index in [1.807, 2.05) is 11.4 Å². The van der Waals surface area contributed by atoms with Gasteiger partial charge in [-0.05, 0) is 24.3 Å². The summed E-state index contributed by atoms with van der Waals surface area (Å²) >= 11 is 1.71. The fourth-order valence-corrected chi connectivity index (χ4v) is 2.41. The van der Waals surface area contributed by atoms with Gasteiger partial charge in [-0.25, -0.2) is 9.97 Å². The Morgan fingerprint density at radius 3 is 2.94 bits per heavy atom. The minimum atomic E-state index is -0.0171. The van der Waals surface area contributed by atoms with Crippen molar-refractivity contribution in [1.82, 2.24) is 9.97 Å². The summed E-state index contributed by atoms with van der Waals surface area (Å²) in [7, 11) is 1.49. The maximum Gasteiger partial charge on any atom is 0.243 e. The zero-order chi connectivity index (χ0) is 12.8. The second kappa shape index (κ2) is 6.26. The number of ether oxygens (including phenoxy) is 1. The molecule has 0 atom stereocenters. The molecule has 2 rings (SSSR count). The van der Waals surface area contributed by atoms with E-state index in [0.29, 0.717) is 18.0 Å². The molecule has 2 aromatic heterocycles. The fraction of sp³-hybridized carbons (Fsp3) is 0.308. The van der Waals surface area contributed by atoms with Gasteiger partial charge in [0.15, 0.2) is 11.5 Å². The molecule has 0 saturated heterocycles. The summed E-state index contributed by atoms with van der Waals surface area (Å²) < 4.78 is 5.03. The molecule has 0 amide bonds. The summed E-state index contributed by atoms with van der Waals surface area (Å²) in [5.74, 6) is 0.287. The monoisotopic (exact) mass is 262 g/mol. The third-order valence-corrected chi connectivity index (χ3v) is 3.47. The highest BCUT2D eigenvalue weighted by atomic mass is 32.1. The number of carbonyl (C=O) groups is 1. The van der Waals surface area contributed by atoms with Crippen LogP contribution < -0.4 is 4.74 Å². The molecule has 0 aliphatic rings. The normalized spacial score (nSPS) is 10.3. The Hall–Kier alpha value is -1.75. The van der Waals surface area contributed by atoms with Gasteiger partial charge >= 0.3 is 0 Å². The van der Waals surface area contributed by atoms with Gasteiger partial charge in [0.05, 0.1) is 7.11 Å². The number of Topliss-reactive ketones (excluding diaryl/α,β-unsaturated/α-hetero) is 1. The van der Waals surface area contributed by atoms with Gasteiger partial charge in [-0.1, -0.05) is 6.07 Å². The highest BCUT2D eigenvalue weighted by Crippen LogP contribution is 2.16. The first-order valence-corrected chi connectivity index (χ1v) is 6.60. The van der Waals surface area contributed by atoms with Crippen LogP contribution in [-0.4, -0.2) is 22.9 Å². The Balaban J connectivity index is 1.91. The largest absolute Gasteiger partial charge is 0.479 e. The van der Waals surface area contributed by atoms with E-state index < -0.39 is 0 Å². The molecular formula is C13H14N2O2S. The summed E-state index contributed by atoms with van der Waals surface area (Å²) in [4.78, 5) is 21.3. The van der Waals surface area contributed by atoms with Crippen LogP contribution in [0.3, 0.4) is 0 Å². The van der Waals surface area contributed by atoms with Crippen LogP contribution in [0.2, 0.25) is 0 Å². The van der Waals surface area contributed by atoms with Gasteiger partial charge in [0.1, 0.15) is 0 Å². The molecule has 0 N–H and O–H groups in total. The fourth-order valence-electron chi connectivity index (χ4n) is 1.66. The summed E-state index contributed by atoms with van der Waals surface area (Å²) in [5.41, 5.74) is 0.325. The van der Waals surface area contributed by atoms with Gasteiger partial charge < -0.3 is 4.74 Å². The number of hydrogen-bond acceptors (Lipinski definition) is 5. The molecule has 94 valence electrons. The van der Waals surface area contributed by atoms with E-state index in [0.717, 1.165) is 12.8 Å². The van der Waals surface area contributed by atoms with E-state index >= 15 is 0 Å². The molecular weight excluding hydrogens is 248 g/mol. The average molecular weight is 262 g/mol. The summed E-state index contributed by atoms with van der Waals surface area (Å²) in [5, 5.41) is 2.04. The molecule has 5 heteroatoms. The molecule has 0 spiro atoms. The first-order valence-electron chi connectivity index (χ1n) is 5.72. The maximum absolute atomic E-state index is 12.0. The number of carbonyl (C=O) groups excluding carboxylic acids is 1. The van der Waals surface area contributed by atoms with Crippen LogP contribution in [0, 0.1) is 0 Å². The molecule has 2 heterocycles. The Bertz CT molecular complexity index is 511. The SMILES string of the molecule is COc1nccnc1C(=O)CCCc1cccs1. The quantitative estimate of drug-likeness (QED) is 0.751. The zero-order valence-electron chi connectivity index (χ0n) is 10.1. The first-order chi connectivity index (χ1) is 8.81. The van der Waals surface area contributed by atoms with Crippen LogP contribution >= 0.6 is 11.3 Å². The molecule has 18 heavy (non-hydrogen) atoms. The van der Waals surface area contributed by atoms with Crippen LogP contribution in [0.4, 0.5) is 0 Å². The predicted molar refractivity (Wildman–Crippen MR) is 70.2 cm³/mol. The van der Waals surface area contributed by atoms with E-state index in [1.54, 1.807) is 11.3 Å². The standard InChI is InChI=1S/C13H14N2O2S/c1-17-13-12(14-7-8-15-13)11(16)6-2-4-10-5-3-9-18-10/h3,5,7-9H,2,4,6H2,1H3. The molecule has 0 unspecified atom stereocenters. The summed E-state index contributed by atoms with van der Waals surface area (Å²) in [6, 6.07) is 4.10. The third-order valence-electron chi connectivity index (χ3n) is 2.53. The zero-order valence-corrected chi connectivity index (χ0v) is 10.9. The van der Waals surface area contributed by atoms with Crippen molar-refractivity contribution in [2.24, 2.45) is 0 Å². The Labute approximate surface area is 110 Å².